The Bertz CT molecular complexity index is 313. The standard InChI is InChI=1S/C11H12O4/c12-11-14-7-10(8-15-11)13-6-9-4-2-1-3-5-9/h1-5,10H,6-8H2. The van der Waals surface area contributed by atoms with E-state index >= 15 is 0 Å². The summed E-state index contributed by atoms with van der Waals surface area (Å²) in [4.78, 5) is 10.6. The third-order valence-electron chi connectivity index (χ3n) is 2.10. The first-order valence-electron chi connectivity index (χ1n) is 4.79. The van der Waals surface area contributed by atoms with Gasteiger partial charge in [0.05, 0.1) is 6.61 Å². The summed E-state index contributed by atoms with van der Waals surface area (Å²) in [6.45, 7) is 1.05. The molecule has 1 fully saturated rings. The summed E-state index contributed by atoms with van der Waals surface area (Å²) in [5.74, 6) is 0. The smallest absolute Gasteiger partial charge is 0.431 e. The second-order valence-electron chi connectivity index (χ2n) is 3.29. The van der Waals surface area contributed by atoms with Crippen molar-refractivity contribution < 1.29 is 19.0 Å². The molecule has 1 aliphatic heterocycles. The first kappa shape index (κ1) is 9.98. The Balaban J connectivity index is 1.77. The molecule has 4 heteroatoms. The fourth-order valence-corrected chi connectivity index (χ4v) is 1.30. The molecule has 1 heterocycles. The van der Waals surface area contributed by atoms with Crippen LogP contribution in [0.3, 0.4) is 0 Å². The molecule has 0 radical (unpaired) electrons. The lowest BCUT2D eigenvalue weighted by molar-refractivity contribution is -0.0885. The summed E-state index contributed by atoms with van der Waals surface area (Å²) in [6.07, 6.45) is -0.780. The van der Waals surface area contributed by atoms with Gasteiger partial charge >= 0.3 is 6.16 Å². The summed E-state index contributed by atoms with van der Waals surface area (Å²) in [7, 11) is 0. The normalized spacial score (nSPS) is 16.9. The lowest BCUT2D eigenvalue weighted by Crippen LogP contribution is -2.33. The van der Waals surface area contributed by atoms with Crippen molar-refractivity contribution in [2.24, 2.45) is 0 Å². The number of benzene rings is 1. The largest absolute Gasteiger partial charge is 0.508 e. The van der Waals surface area contributed by atoms with Crippen LogP contribution in [0.5, 0.6) is 0 Å². The molecule has 15 heavy (non-hydrogen) atoms. The summed E-state index contributed by atoms with van der Waals surface area (Å²) >= 11 is 0. The van der Waals surface area contributed by atoms with Crippen molar-refractivity contribution in [3.05, 3.63) is 35.9 Å². The first-order chi connectivity index (χ1) is 7.34. The zero-order chi connectivity index (χ0) is 10.5. The molecule has 1 aromatic rings. The topological polar surface area (TPSA) is 44.8 Å². The minimum Gasteiger partial charge on any atom is -0.431 e. The molecule has 0 aliphatic carbocycles. The van der Waals surface area contributed by atoms with Gasteiger partial charge in [0.2, 0.25) is 0 Å². The number of rotatable bonds is 3. The molecular formula is C11H12O4. The molecule has 0 N–H and O–H groups in total. The average Bonchev–Trinajstić information content (AvgIpc) is 2.30. The summed E-state index contributed by atoms with van der Waals surface area (Å²) in [6, 6.07) is 9.83. The van der Waals surface area contributed by atoms with E-state index in [1.54, 1.807) is 0 Å². The highest BCUT2D eigenvalue weighted by atomic mass is 16.7. The molecule has 80 valence electrons. The minimum absolute atomic E-state index is 0.164. The highest BCUT2D eigenvalue weighted by Crippen LogP contribution is 2.08. The van der Waals surface area contributed by atoms with E-state index < -0.39 is 6.16 Å². The second kappa shape index (κ2) is 4.79. The number of hydrogen-bond acceptors (Lipinski definition) is 4. The molecule has 0 atom stereocenters. The van der Waals surface area contributed by atoms with Crippen LogP contribution in [-0.4, -0.2) is 25.5 Å². The van der Waals surface area contributed by atoms with E-state index in [9.17, 15) is 4.79 Å². The Morgan fingerprint density at radius 2 is 1.87 bits per heavy atom. The molecule has 0 amide bonds. The van der Waals surface area contributed by atoms with Crippen molar-refractivity contribution in [2.45, 2.75) is 12.7 Å². The number of hydrogen-bond donors (Lipinski definition) is 0. The minimum atomic E-state index is -0.616. The van der Waals surface area contributed by atoms with Crippen LogP contribution in [-0.2, 0) is 20.8 Å². The van der Waals surface area contributed by atoms with Gasteiger partial charge in [-0.05, 0) is 5.56 Å². The number of ether oxygens (including phenoxy) is 3. The van der Waals surface area contributed by atoms with Crippen molar-refractivity contribution in [1.29, 1.82) is 0 Å². The number of carbonyl (C=O) groups excluding carboxylic acids is 1. The van der Waals surface area contributed by atoms with Crippen molar-refractivity contribution in [3.63, 3.8) is 0 Å². The summed E-state index contributed by atoms with van der Waals surface area (Å²) in [5.41, 5.74) is 1.09. The maximum Gasteiger partial charge on any atom is 0.508 e. The SMILES string of the molecule is O=C1OCC(OCc2ccccc2)CO1. The van der Waals surface area contributed by atoms with Crippen LogP contribution < -0.4 is 0 Å². The van der Waals surface area contributed by atoms with Gasteiger partial charge in [-0.1, -0.05) is 30.3 Å². The Morgan fingerprint density at radius 3 is 2.53 bits per heavy atom. The van der Waals surface area contributed by atoms with Crippen LogP contribution in [0.15, 0.2) is 30.3 Å². The van der Waals surface area contributed by atoms with Gasteiger partial charge in [0, 0.05) is 0 Å². The third kappa shape index (κ3) is 2.95. The molecule has 1 aliphatic rings. The predicted octanol–water partition coefficient (Wildman–Crippen LogP) is 1.74. The zero-order valence-electron chi connectivity index (χ0n) is 8.22. The van der Waals surface area contributed by atoms with E-state index in [2.05, 4.69) is 0 Å². The van der Waals surface area contributed by atoms with Gasteiger partial charge in [0.15, 0.2) is 0 Å². The van der Waals surface area contributed by atoms with Crippen molar-refractivity contribution in [1.82, 2.24) is 0 Å². The van der Waals surface area contributed by atoms with Gasteiger partial charge in [-0.2, -0.15) is 0 Å². The van der Waals surface area contributed by atoms with Crippen molar-refractivity contribution >= 4 is 6.16 Å². The Hall–Kier alpha value is -1.55. The maximum atomic E-state index is 10.6. The highest BCUT2D eigenvalue weighted by Gasteiger charge is 2.21. The van der Waals surface area contributed by atoms with Gasteiger partial charge < -0.3 is 14.2 Å². The number of cyclic esters (lactones) is 2. The quantitative estimate of drug-likeness (QED) is 0.710. The third-order valence-corrected chi connectivity index (χ3v) is 2.10. The van der Waals surface area contributed by atoms with E-state index in [0.717, 1.165) is 5.56 Å². The van der Waals surface area contributed by atoms with Crippen LogP contribution in [0.4, 0.5) is 4.79 Å². The van der Waals surface area contributed by atoms with Gasteiger partial charge in [0.1, 0.15) is 19.3 Å². The second-order valence-corrected chi connectivity index (χ2v) is 3.29. The molecular weight excluding hydrogens is 196 g/mol. The molecule has 0 unspecified atom stereocenters. The highest BCUT2D eigenvalue weighted by molar-refractivity contribution is 5.60. The summed E-state index contributed by atoms with van der Waals surface area (Å²) < 4.78 is 14.9. The van der Waals surface area contributed by atoms with E-state index in [1.165, 1.54) is 0 Å². The van der Waals surface area contributed by atoms with E-state index in [0.29, 0.717) is 6.61 Å². The Morgan fingerprint density at radius 1 is 1.20 bits per heavy atom. The van der Waals surface area contributed by atoms with E-state index in [1.807, 2.05) is 30.3 Å². The number of carbonyl (C=O) groups is 1. The van der Waals surface area contributed by atoms with Crippen LogP contribution in [0.2, 0.25) is 0 Å². The van der Waals surface area contributed by atoms with Crippen LogP contribution in [0, 0.1) is 0 Å². The Kier molecular flexibility index (Phi) is 3.19. The van der Waals surface area contributed by atoms with Crippen LogP contribution >= 0.6 is 0 Å². The fraction of sp³-hybridized carbons (Fsp3) is 0.364. The molecule has 0 bridgehead atoms. The average molecular weight is 208 g/mol. The lowest BCUT2D eigenvalue weighted by Gasteiger charge is -2.21. The van der Waals surface area contributed by atoms with Crippen molar-refractivity contribution in [3.8, 4) is 0 Å². The van der Waals surface area contributed by atoms with E-state index in [-0.39, 0.29) is 19.3 Å². The fourth-order valence-electron chi connectivity index (χ4n) is 1.30. The molecule has 1 saturated heterocycles. The van der Waals surface area contributed by atoms with Crippen LogP contribution in [0.1, 0.15) is 5.56 Å². The molecule has 1 aromatic carbocycles. The van der Waals surface area contributed by atoms with Gasteiger partial charge in [0.25, 0.3) is 0 Å². The summed E-state index contributed by atoms with van der Waals surface area (Å²) in [5, 5.41) is 0. The molecule has 0 spiro atoms. The molecule has 0 saturated carbocycles. The molecule has 2 rings (SSSR count). The van der Waals surface area contributed by atoms with Crippen LogP contribution in [0.25, 0.3) is 0 Å². The lowest BCUT2D eigenvalue weighted by atomic mass is 10.2. The van der Waals surface area contributed by atoms with Gasteiger partial charge in [-0.3, -0.25) is 0 Å². The monoisotopic (exact) mass is 208 g/mol. The maximum absolute atomic E-state index is 10.6. The van der Waals surface area contributed by atoms with Gasteiger partial charge in [-0.25, -0.2) is 4.79 Å². The first-order valence-corrected chi connectivity index (χ1v) is 4.79. The molecule has 4 nitrogen and oxygen atoms in total. The van der Waals surface area contributed by atoms with Gasteiger partial charge in [-0.15, -0.1) is 0 Å². The zero-order valence-corrected chi connectivity index (χ0v) is 8.22. The molecule has 0 aromatic heterocycles. The van der Waals surface area contributed by atoms with Crippen molar-refractivity contribution in [2.75, 3.05) is 13.2 Å². The van der Waals surface area contributed by atoms with E-state index in [4.69, 9.17) is 14.2 Å². The predicted molar refractivity (Wildman–Crippen MR) is 52.3 cm³/mol. The Labute approximate surface area is 87.8 Å².